The van der Waals surface area contributed by atoms with Gasteiger partial charge in [-0.05, 0) is 39.9 Å². The smallest absolute Gasteiger partial charge is 0.360 e. The molecule has 6 heteroatoms. The molecule has 0 N–H and O–H groups in total. The van der Waals surface area contributed by atoms with E-state index in [9.17, 15) is 4.79 Å². The predicted molar refractivity (Wildman–Crippen MR) is 82.8 cm³/mol. The monoisotopic (exact) mass is 297 g/mol. The van der Waals surface area contributed by atoms with E-state index in [0.29, 0.717) is 12.6 Å². The van der Waals surface area contributed by atoms with Crippen LogP contribution in [0.25, 0.3) is 0 Å². The van der Waals surface area contributed by atoms with Crippen LogP contribution in [0.4, 0.5) is 6.01 Å². The SMILES string of the molecule is CCOC(=O)c1coc(N(CC)CCCN(CC)CC)n1. The van der Waals surface area contributed by atoms with E-state index >= 15 is 0 Å². The van der Waals surface area contributed by atoms with E-state index in [0.717, 1.165) is 39.1 Å². The molecule has 6 nitrogen and oxygen atoms in total. The third kappa shape index (κ3) is 5.38. The minimum Gasteiger partial charge on any atom is -0.461 e. The van der Waals surface area contributed by atoms with E-state index < -0.39 is 5.97 Å². The van der Waals surface area contributed by atoms with Gasteiger partial charge in [0.15, 0.2) is 5.69 Å². The molecule has 120 valence electrons. The van der Waals surface area contributed by atoms with Crippen LogP contribution >= 0.6 is 0 Å². The molecule has 0 aliphatic carbocycles. The van der Waals surface area contributed by atoms with Crippen molar-refractivity contribution in [2.75, 3.05) is 44.2 Å². The zero-order valence-corrected chi connectivity index (χ0v) is 13.6. The van der Waals surface area contributed by atoms with Gasteiger partial charge in [-0.15, -0.1) is 0 Å². The van der Waals surface area contributed by atoms with Gasteiger partial charge >= 0.3 is 5.97 Å². The van der Waals surface area contributed by atoms with Gasteiger partial charge in [0.25, 0.3) is 6.01 Å². The summed E-state index contributed by atoms with van der Waals surface area (Å²) < 4.78 is 10.3. The molecule has 1 heterocycles. The Morgan fingerprint density at radius 3 is 2.48 bits per heavy atom. The summed E-state index contributed by atoms with van der Waals surface area (Å²) in [6, 6.07) is 0.486. The molecule has 1 rings (SSSR count). The van der Waals surface area contributed by atoms with Gasteiger partial charge < -0.3 is 19.0 Å². The van der Waals surface area contributed by atoms with Gasteiger partial charge in [-0.1, -0.05) is 13.8 Å². The summed E-state index contributed by atoms with van der Waals surface area (Å²) in [6.45, 7) is 13.3. The number of oxazole rings is 1. The highest BCUT2D eigenvalue weighted by atomic mass is 16.5. The molecule has 0 spiro atoms. The Bertz CT molecular complexity index is 416. The number of anilines is 1. The van der Waals surface area contributed by atoms with E-state index in [2.05, 4.69) is 23.7 Å². The quantitative estimate of drug-likeness (QED) is 0.618. The van der Waals surface area contributed by atoms with Crippen LogP contribution in [-0.2, 0) is 4.74 Å². The normalized spacial score (nSPS) is 10.9. The molecule has 0 aliphatic rings. The fourth-order valence-corrected chi connectivity index (χ4v) is 2.12. The minimum atomic E-state index is -0.438. The first-order chi connectivity index (χ1) is 10.2. The van der Waals surface area contributed by atoms with Crippen LogP contribution < -0.4 is 4.90 Å². The van der Waals surface area contributed by atoms with Crippen molar-refractivity contribution in [3.05, 3.63) is 12.0 Å². The van der Waals surface area contributed by atoms with E-state index in [1.807, 2.05) is 11.8 Å². The summed E-state index contributed by atoms with van der Waals surface area (Å²) in [6.07, 6.45) is 2.40. The molecular weight excluding hydrogens is 270 g/mol. The number of nitrogens with zero attached hydrogens (tertiary/aromatic N) is 3. The predicted octanol–water partition coefficient (Wildman–Crippen LogP) is 2.41. The second-order valence-electron chi connectivity index (χ2n) is 4.70. The van der Waals surface area contributed by atoms with Gasteiger partial charge in [0.05, 0.1) is 6.61 Å². The van der Waals surface area contributed by atoms with Gasteiger partial charge in [0.2, 0.25) is 0 Å². The van der Waals surface area contributed by atoms with Crippen molar-refractivity contribution >= 4 is 12.0 Å². The Kier molecular flexibility index (Phi) is 7.82. The van der Waals surface area contributed by atoms with Crippen LogP contribution in [0.15, 0.2) is 10.7 Å². The summed E-state index contributed by atoms with van der Waals surface area (Å²) in [5, 5.41) is 0. The molecule has 0 radical (unpaired) electrons. The number of hydrogen-bond acceptors (Lipinski definition) is 6. The van der Waals surface area contributed by atoms with Crippen molar-refractivity contribution in [3.63, 3.8) is 0 Å². The van der Waals surface area contributed by atoms with Crippen LogP contribution in [0, 0.1) is 0 Å². The van der Waals surface area contributed by atoms with Crippen molar-refractivity contribution in [1.29, 1.82) is 0 Å². The maximum Gasteiger partial charge on any atom is 0.360 e. The molecule has 1 aromatic rings. The molecule has 21 heavy (non-hydrogen) atoms. The highest BCUT2D eigenvalue weighted by molar-refractivity contribution is 5.87. The Morgan fingerprint density at radius 2 is 1.90 bits per heavy atom. The average Bonchev–Trinajstić information content (AvgIpc) is 2.98. The van der Waals surface area contributed by atoms with Gasteiger partial charge in [-0.3, -0.25) is 0 Å². The van der Waals surface area contributed by atoms with E-state index in [-0.39, 0.29) is 5.69 Å². The second-order valence-corrected chi connectivity index (χ2v) is 4.70. The number of rotatable bonds is 10. The summed E-state index contributed by atoms with van der Waals surface area (Å²) in [5.74, 6) is -0.438. The Labute approximate surface area is 127 Å². The summed E-state index contributed by atoms with van der Waals surface area (Å²) in [5.41, 5.74) is 0.231. The molecular formula is C15H27N3O3. The maximum absolute atomic E-state index is 11.6. The van der Waals surface area contributed by atoms with Crippen LogP contribution in [0.3, 0.4) is 0 Å². The highest BCUT2D eigenvalue weighted by Crippen LogP contribution is 2.14. The molecule has 0 saturated carbocycles. The van der Waals surface area contributed by atoms with Crippen LogP contribution in [0.2, 0.25) is 0 Å². The molecule has 0 amide bonds. The standard InChI is InChI=1S/C15H27N3O3/c1-5-17(6-2)10-9-11-18(7-3)15-16-13(12-21-15)14(19)20-8-4/h12H,5-11H2,1-4H3. The van der Waals surface area contributed by atoms with Crippen LogP contribution in [0.5, 0.6) is 0 Å². The lowest BCUT2D eigenvalue weighted by molar-refractivity contribution is 0.0519. The van der Waals surface area contributed by atoms with Crippen LogP contribution in [-0.4, -0.2) is 55.2 Å². The van der Waals surface area contributed by atoms with Gasteiger partial charge in [-0.25, -0.2) is 4.79 Å². The third-order valence-electron chi connectivity index (χ3n) is 3.43. The fraction of sp³-hybridized carbons (Fsp3) is 0.733. The number of hydrogen-bond donors (Lipinski definition) is 0. The number of carbonyl (C=O) groups excluding carboxylic acids is 1. The minimum absolute atomic E-state index is 0.231. The van der Waals surface area contributed by atoms with E-state index in [1.165, 1.54) is 6.26 Å². The lowest BCUT2D eigenvalue weighted by Crippen LogP contribution is -2.30. The molecule has 0 unspecified atom stereocenters. The number of ether oxygens (including phenoxy) is 1. The zero-order valence-electron chi connectivity index (χ0n) is 13.6. The largest absolute Gasteiger partial charge is 0.461 e. The molecule has 0 saturated heterocycles. The molecule has 0 aromatic carbocycles. The molecule has 1 aromatic heterocycles. The Hall–Kier alpha value is -1.56. The number of aromatic nitrogens is 1. The third-order valence-corrected chi connectivity index (χ3v) is 3.43. The first-order valence-corrected chi connectivity index (χ1v) is 7.76. The molecule has 0 atom stereocenters. The van der Waals surface area contributed by atoms with Crippen molar-refractivity contribution in [2.45, 2.75) is 34.1 Å². The number of esters is 1. The van der Waals surface area contributed by atoms with E-state index in [4.69, 9.17) is 9.15 Å². The molecule has 0 bridgehead atoms. The first-order valence-electron chi connectivity index (χ1n) is 7.76. The summed E-state index contributed by atoms with van der Waals surface area (Å²) in [4.78, 5) is 20.2. The van der Waals surface area contributed by atoms with Gasteiger partial charge in [0.1, 0.15) is 6.26 Å². The zero-order chi connectivity index (χ0) is 15.7. The van der Waals surface area contributed by atoms with Crippen molar-refractivity contribution in [3.8, 4) is 0 Å². The van der Waals surface area contributed by atoms with Gasteiger partial charge in [-0.2, -0.15) is 4.98 Å². The second kappa shape index (κ2) is 9.39. The summed E-state index contributed by atoms with van der Waals surface area (Å²) >= 11 is 0. The summed E-state index contributed by atoms with van der Waals surface area (Å²) in [7, 11) is 0. The van der Waals surface area contributed by atoms with Crippen molar-refractivity contribution < 1.29 is 13.9 Å². The topological polar surface area (TPSA) is 58.8 Å². The fourth-order valence-electron chi connectivity index (χ4n) is 2.12. The van der Waals surface area contributed by atoms with Crippen molar-refractivity contribution in [1.82, 2.24) is 9.88 Å². The molecule has 0 aliphatic heterocycles. The molecule has 0 fully saturated rings. The number of carbonyl (C=O) groups is 1. The van der Waals surface area contributed by atoms with Crippen molar-refractivity contribution in [2.24, 2.45) is 0 Å². The van der Waals surface area contributed by atoms with Gasteiger partial charge in [0, 0.05) is 13.1 Å². The first kappa shape index (κ1) is 17.5. The lowest BCUT2D eigenvalue weighted by atomic mass is 10.3. The highest BCUT2D eigenvalue weighted by Gasteiger charge is 2.16. The average molecular weight is 297 g/mol. The Morgan fingerprint density at radius 1 is 1.19 bits per heavy atom. The van der Waals surface area contributed by atoms with E-state index in [1.54, 1.807) is 6.92 Å². The Balaban J connectivity index is 2.54. The maximum atomic E-state index is 11.6. The van der Waals surface area contributed by atoms with Crippen LogP contribution in [0.1, 0.15) is 44.6 Å². The lowest BCUT2D eigenvalue weighted by Gasteiger charge is -2.22.